The molecule has 1 N–H and O–H groups in total. The number of rotatable bonds is 5. The van der Waals surface area contributed by atoms with Gasteiger partial charge in [-0.1, -0.05) is 36.4 Å². The zero-order valence-electron chi connectivity index (χ0n) is 14.4. The molecule has 1 saturated heterocycles. The Bertz CT molecular complexity index is 639. The lowest BCUT2D eigenvalue weighted by Crippen LogP contribution is -2.40. The number of nitrogens with one attached hydrogen (secondary N) is 1. The molecule has 1 aromatic heterocycles. The topological polar surface area (TPSA) is 40.5 Å². The van der Waals surface area contributed by atoms with Gasteiger partial charge in [-0.3, -0.25) is 9.98 Å². The third-order valence-electron chi connectivity index (χ3n) is 4.48. The van der Waals surface area contributed by atoms with E-state index in [1.165, 1.54) is 17.5 Å². The van der Waals surface area contributed by atoms with E-state index in [-0.39, 0.29) is 0 Å². The number of hydrogen-bond acceptors (Lipinski definition) is 2. The summed E-state index contributed by atoms with van der Waals surface area (Å²) in [6.07, 6.45) is 5.85. The molecule has 1 atom stereocenters. The van der Waals surface area contributed by atoms with Crippen molar-refractivity contribution in [2.75, 3.05) is 26.2 Å². The number of pyridine rings is 1. The minimum absolute atomic E-state index is 0.605. The number of hydrogen-bond donors (Lipinski definition) is 1. The molecule has 126 valence electrons. The number of aliphatic imine (C=N–C) groups is 1. The van der Waals surface area contributed by atoms with E-state index in [0.717, 1.165) is 38.6 Å². The fraction of sp³-hybridized carbons (Fsp3) is 0.400. The molecule has 2 heterocycles. The fourth-order valence-electron chi connectivity index (χ4n) is 3.21. The molecule has 1 fully saturated rings. The van der Waals surface area contributed by atoms with Crippen molar-refractivity contribution < 1.29 is 0 Å². The maximum Gasteiger partial charge on any atom is 0.193 e. The molecule has 0 spiro atoms. The fourth-order valence-corrected chi connectivity index (χ4v) is 3.21. The van der Waals surface area contributed by atoms with E-state index in [1.54, 1.807) is 0 Å². The van der Waals surface area contributed by atoms with Crippen molar-refractivity contribution in [3.8, 4) is 0 Å². The number of benzene rings is 1. The van der Waals surface area contributed by atoms with Crippen LogP contribution in [-0.2, 0) is 6.42 Å². The van der Waals surface area contributed by atoms with E-state index in [1.807, 2.05) is 18.5 Å². The van der Waals surface area contributed by atoms with E-state index in [2.05, 4.69) is 58.5 Å². The van der Waals surface area contributed by atoms with Crippen molar-refractivity contribution in [2.45, 2.75) is 25.7 Å². The van der Waals surface area contributed by atoms with Gasteiger partial charge in [0.1, 0.15) is 0 Å². The highest BCUT2D eigenvalue weighted by atomic mass is 15.3. The maximum absolute atomic E-state index is 4.82. The van der Waals surface area contributed by atoms with E-state index >= 15 is 0 Å². The molecule has 0 saturated carbocycles. The first-order valence-electron chi connectivity index (χ1n) is 8.84. The lowest BCUT2D eigenvalue weighted by molar-refractivity contribution is 0.486. The minimum atomic E-state index is 0.605. The van der Waals surface area contributed by atoms with Gasteiger partial charge in [-0.25, -0.2) is 0 Å². The smallest absolute Gasteiger partial charge is 0.193 e. The Morgan fingerprint density at radius 1 is 1.25 bits per heavy atom. The average Bonchev–Trinajstić information content (AvgIpc) is 3.13. The van der Waals surface area contributed by atoms with Crippen LogP contribution < -0.4 is 5.32 Å². The van der Waals surface area contributed by atoms with Crippen LogP contribution in [0.2, 0.25) is 0 Å². The highest BCUT2D eigenvalue weighted by Gasteiger charge is 2.25. The molecule has 2 aromatic rings. The molecule has 1 aliphatic rings. The van der Waals surface area contributed by atoms with Gasteiger partial charge in [0, 0.05) is 44.5 Å². The lowest BCUT2D eigenvalue weighted by Gasteiger charge is -2.21. The molecule has 24 heavy (non-hydrogen) atoms. The zero-order valence-corrected chi connectivity index (χ0v) is 14.4. The summed E-state index contributed by atoms with van der Waals surface area (Å²) in [4.78, 5) is 11.4. The third kappa shape index (κ3) is 4.34. The number of aromatic nitrogens is 1. The van der Waals surface area contributed by atoms with Gasteiger partial charge in [-0.15, -0.1) is 0 Å². The SMILES string of the molecule is CCNC(=NCCc1cccnc1)N1CCC(c2ccccc2)C1. The highest BCUT2D eigenvalue weighted by molar-refractivity contribution is 5.80. The Kier molecular flexibility index (Phi) is 5.83. The van der Waals surface area contributed by atoms with Crippen molar-refractivity contribution in [2.24, 2.45) is 4.99 Å². The molecule has 4 heteroatoms. The second-order valence-corrected chi connectivity index (χ2v) is 6.19. The maximum atomic E-state index is 4.82. The molecule has 0 bridgehead atoms. The largest absolute Gasteiger partial charge is 0.357 e. The first-order chi connectivity index (χ1) is 11.9. The van der Waals surface area contributed by atoms with Crippen LogP contribution in [0.25, 0.3) is 0 Å². The summed E-state index contributed by atoms with van der Waals surface area (Å²) >= 11 is 0. The van der Waals surface area contributed by atoms with Crippen molar-refractivity contribution >= 4 is 5.96 Å². The molecule has 4 nitrogen and oxygen atoms in total. The molecule has 0 aliphatic carbocycles. The van der Waals surface area contributed by atoms with Gasteiger partial charge in [-0.05, 0) is 37.0 Å². The van der Waals surface area contributed by atoms with Gasteiger partial charge < -0.3 is 10.2 Å². The van der Waals surface area contributed by atoms with Gasteiger partial charge in [0.2, 0.25) is 0 Å². The summed E-state index contributed by atoms with van der Waals surface area (Å²) in [5.74, 6) is 1.65. The molecule has 1 aliphatic heterocycles. The Labute approximate surface area is 144 Å². The van der Waals surface area contributed by atoms with E-state index in [9.17, 15) is 0 Å². The lowest BCUT2D eigenvalue weighted by atomic mass is 9.99. The van der Waals surface area contributed by atoms with E-state index in [4.69, 9.17) is 4.99 Å². The minimum Gasteiger partial charge on any atom is -0.357 e. The quantitative estimate of drug-likeness (QED) is 0.679. The van der Waals surface area contributed by atoms with Crippen LogP contribution in [0.4, 0.5) is 0 Å². The van der Waals surface area contributed by atoms with Crippen LogP contribution in [0.5, 0.6) is 0 Å². The molecule has 1 unspecified atom stereocenters. The Morgan fingerprint density at radius 2 is 2.12 bits per heavy atom. The van der Waals surface area contributed by atoms with Crippen LogP contribution in [-0.4, -0.2) is 42.0 Å². The summed E-state index contributed by atoms with van der Waals surface area (Å²) in [6, 6.07) is 14.9. The Balaban J connectivity index is 1.60. The van der Waals surface area contributed by atoms with Crippen molar-refractivity contribution in [3.63, 3.8) is 0 Å². The number of likely N-dealkylation sites (tertiary alicyclic amines) is 1. The normalized spacial score (nSPS) is 18.0. The van der Waals surface area contributed by atoms with Crippen molar-refractivity contribution in [1.29, 1.82) is 0 Å². The predicted octanol–water partition coefficient (Wildman–Crippen LogP) is 3.08. The third-order valence-corrected chi connectivity index (χ3v) is 4.48. The first-order valence-corrected chi connectivity index (χ1v) is 8.84. The monoisotopic (exact) mass is 322 g/mol. The summed E-state index contributed by atoms with van der Waals surface area (Å²) in [6.45, 7) is 5.93. The van der Waals surface area contributed by atoms with Gasteiger partial charge in [0.15, 0.2) is 5.96 Å². The summed E-state index contributed by atoms with van der Waals surface area (Å²) in [5.41, 5.74) is 2.67. The average molecular weight is 322 g/mol. The standard InChI is InChI=1S/C20H26N4/c1-2-22-20(23-13-10-17-7-6-12-21-15-17)24-14-11-19(16-24)18-8-4-3-5-9-18/h3-9,12,15,19H,2,10-11,13-14,16H2,1H3,(H,22,23). The van der Waals surface area contributed by atoms with Crippen LogP contribution >= 0.6 is 0 Å². The van der Waals surface area contributed by atoms with Crippen molar-refractivity contribution in [1.82, 2.24) is 15.2 Å². The van der Waals surface area contributed by atoms with Gasteiger partial charge in [0.25, 0.3) is 0 Å². The number of guanidine groups is 1. The Hall–Kier alpha value is -2.36. The predicted molar refractivity (Wildman–Crippen MR) is 99.3 cm³/mol. The summed E-state index contributed by atoms with van der Waals surface area (Å²) < 4.78 is 0. The van der Waals surface area contributed by atoms with Gasteiger partial charge in [-0.2, -0.15) is 0 Å². The van der Waals surface area contributed by atoms with Crippen LogP contribution in [0, 0.1) is 0 Å². The summed E-state index contributed by atoms with van der Waals surface area (Å²) in [5, 5.41) is 3.44. The van der Waals surface area contributed by atoms with E-state index < -0.39 is 0 Å². The highest BCUT2D eigenvalue weighted by Crippen LogP contribution is 2.26. The molecule has 0 radical (unpaired) electrons. The second kappa shape index (κ2) is 8.48. The van der Waals surface area contributed by atoms with E-state index in [0.29, 0.717) is 5.92 Å². The molecule has 3 rings (SSSR count). The van der Waals surface area contributed by atoms with Crippen LogP contribution in [0.1, 0.15) is 30.4 Å². The van der Waals surface area contributed by atoms with Crippen LogP contribution in [0.15, 0.2) is 59.9 Å². The molecule has 1 aromatic carbocycles. The van der Waals surface area contributed by atoms with Crippen molar-refractivity contribution in [3.05, 3.63) is 66.0 Å². The summed E-state index contributed by atoms with van der Waals surface area (Å²) in [7, 11) is 0. The number of nitrogens with zero attached hydrogens (tertiary/aromatic N) is 3. The van der Waals surface area contributed by atoms with Gasteiger partial charge in [0.05, 0.1) is 0 Å². The first kappa shape index (κ1) is 16.5. The Morgan fingerprint density at radius 3 is 2.88 bits per heavy atom. The van der Waals surface area contributed by atoms with Gasteiger partial charge >= 0.3 is 0 Å². The molecular formula is C20H26N4. The second-order valence-electron chi connectivity index (χ2n) is 6.19. The zero-order chi connectivity index (χ0) is 16.6. The molecular weight excluding hydrogens is 296 g/mol. The molecule has 0 amide bonds. The van der Waals surface area contributed by atoms with Crippen LogP contribution in [0.3, 0.4) is 0 Å².